The second kappa shape index (κ2) is 7.63. The number of halogens is 3. The molecule has 0 aliphatic carbocycles. The second-order valence-corrected chi connectivity index (χ2v) is 5.51. The van der Waals surface area contributed by atoms with E-state index in [1.165, 1.54) is 11.8 Å². The van der Waals surface area contributed by atoms with Crippen molar-refractivity contribution in [1.82, 2.24) is 0 Å². The molecule has 0 bridgehead atoms. The van der Waals surface area contributed by atoms with Crippen LogP contribution in [0.4, 0.5) is 13.2 Å². The molecule has 0 radical (unpaired) electrons. The second-order valence-electron chi connectivity index (χ2n) is 4.46. The number of alkyl halides is 3. The Morgan fingerprint density at radius 3 is 2.32 bits per heavy atom. The van der Waals surface area contributed by atoms with Crippen molar-refractivity contribution >= 4 is 11.8 Å². The van der Waals surface area contributed by atoms with Crippen molar-refractivity contribution in [3.8, 4) is 0 Å². The summed E-state index contributed by atoms with van der Waals surface area (Å²) in [7, 11) is 0. The first kappa shape index (κ1) is 16.2. The highest BCUT2D eigenvalue weighted by molar-refractivity contribution is 7.99. The van der Waals surface area contributed by atoms with Crippen molar-refractivity contribution in [2.75, 3.05) is 5.75 Å². The van der Waals surface area contributed by atoms with Crippen molar-refractivity contribution in [1.29, 1.82) is 0 Å². The van der Waals surface area contributed by atoms with Crippen LogP contribution in [0.15, 0.2) is 46.4 Å². The summed E-state index contributed by atoms with van der Waals surface area (Å²) in [5.74, 6) is -0.0109. The lowest BCUT2D eigenvalue weighted by atomic mass is 10.0. The van der Waals surface area contributed by atoms with Gasteiger partial charge in [0.1, 0.15) is 0 Å². The molecule has 0 spiro atoms. The number of benzene rings is 1. The maximum Gasteiger partial charge on any atom is 0.413 e. The van der Waals surface area contributed by atoms with Gasteiger partial charge in [0.25, 0.3) is 0 Å². The molecule has 0 aromatic heterocycles. The minimum absolute atomic E-state index is 0.0109. The van der Waals surface area contributed by atoms with Gasteiger partial charge in [0.15, 0.2) is 0 Å². The first-order valence-corrected chi connectivity index (χ1v) is 7.37. The standard InChI is InChI=1S/C15H19F3S/c1-3-4-8-12(2)14(15(16,17)18)11-19-13-9-6-5-7-10-13/h5-7,9-10H,3-4,8,11H2,1-2H3/b14-12-. The van der Waals surface area contributed by atoms with Crippen LogP contribution < -0.4 is 0 Å². The van der Waals surface area contributed by atoms with Crippen LogP contribution in [-0.2, 0) is 0 Å². The Labute approximate surface area is 117 Å². The molecule has 0 nitrogen and oxygen atoms in total. The summed E-state index contributed by atoms with van der Waals surface area (Å²) in [6.45, 7) is 3.59. The maximum atomic E-state index is 13.0. The Hall–Kier alpha value is -0.900. The largest absolute Gasteiger partial charge is 0.413 e. The van der Waals surface area contributed by atoms with E-state index in [4.69, 9.17) is 0 Å². The van der Waals surface area contributed by atoms with Gasteiger partial charge >= 0.3 is 6.18 Å². The van der Waals surface area contributed by atoms with Crippen LogP contribution in [0.2, 0.25) is 0 Å². The summed E-state index contributed by atoms with van der Waals surface area (Å²) in [6.07, 6.45) is -1.98. The number of hydrogen-bond acceptors (Lipinski definition) is 1. The number of rotatable bonds is 6. The van der Waals surface area contributed by atoms with Gasteiger partial charge < -0.3 is 0 Å². The van der Waals surface area contributed by atoms with Gasteiger partial charge in [0, 0.05) is 16.2 Å². The molecule has 0 heterocycles. The Kier molecular flexibility index (Phi) is 6.49. The van der Waals surface area contributed by atoms with Gasteiger partial charge in [0.05, 0.1) is 0 Å². The molecule has 0 fully saturated rings. The van der Waals surface area contributed by atoms with E-state index in [-0.39, 0.29) is 11.3 Å². The molecule has 0 N–H and O–H groups in total. The topological polar surface area (TPSA) is 0 Å². The molecule has 0 saturated heterocycles. The minimum atomic E-state index is -4.22. The minimum Gasteiger partial charge on any atom is -0.166 e. The summed E-state index contributed by atoms with van der Waals surface area (Å²) in [5, 5.41) is 0. The molecular weight excluding hydrogens is 269 g/mol. The Morgan fingerprint density at radius 2 is 1.79 bits per heavy atom. The van der Waals surface area contributed by atoms with E-state index >= 15 is 0 Å². The van der Waals surface area contributed by atoms with Crippen molar-refractivity contribution in [3.05, 3.63) is 41.5 Å². The smallest absolute Gasteiger partial charge is 0.166 e. The number of hydrogen-bond donors (Lipinski definition) is 0. The third-order valence-electron chi connectivity index (χ3n) is 2.89. The van der Waals surface area contributed by atoms with E-state index in [9.17, 15) is 13.2 Å². The first-order chi connectivity index (χ1) is 8.95. The monoisotopic (exact) mass is 288 g/mol. The normalized spacial score (nSPS) is 13.3. The Balaban J connectivity index is 2.76. The van der Waals surface area contributed by atoms with Crippen LogP contribution in [0.3, 0.4) is 0 Å². The molecular formula is C15H19F3S. The third-order valence-corrected chi connectivity index (χ3v) is 3.93. The molecule has 1 aromatic carbocycles. The fourth-order valence-corrected chi connectivity index (χ4v) is 2.78. The van der Waals surface area contributed by atoms with Crippen molar-refractivity contribution < 1.29 is 13.2 Å². The Morgan fingerprint density at radius 1 is 1.16 bits per heavy atom. The van der Waals surface area contributed by atoms with Crippen LogP contribution in [0.1, 0.15) is 33.1 Å². The molecule has 0 saturated carbocycles. The van der Waals surface area contributed by atoms with Gasteiger partial charge in [-0.15, -0.1) is 11.8 Å². The highest BCUT2D eigenvalue weighted by atomic mass is 32.2. The fraction of sp³-hybridized carbons (Fsp3) is 0.467. The zero-order valence-corrected chi connectivity index (χ0v) is 12.1. The molecule has 0 aliphatic heterocycles. The van der Waals surface area contributed by atoms with Crippen molar-refractivity contribution in [2.24, 2.45) is 0 Å². The van der Waals surface area contributed by atoms with Gasteiger partial charge in [-0.1, -0.05) is 37.1 Å². The highest BCUT2D eigenvalue weighted by Gasteiger charge is 2.34. The van der Waals surface area contributed by atoms with Crippen molar-refractivity contribution in [2.45, 2.75) is 44.2 Å². The molecule has 19 heavy (non-hydrogen) atoms. The van der Waals surface area contributed by atoms with Gasteiger partial charge in [0.2, 0.25) is 0 Å². The number of unbranched alkanes of at least 4 members (excludes halogenated alkanes) is 1. The summed E-state index contributed by atoms with van der Waals surface area (Å²) >= 11 is 1.24. The lowest BCUT2D eigenvalue weighted by Gasteiger charge is -2.15. The van der Waals surface area contributed by atoms with E-state index in [2.05, 4.69) is 0 Å². The predicted octanol–water partition coefficient (Wildman–Crippen LogP) is 5.85. The van der Waals surface area contributed by atoms with Crippen LogP contribution in [0.25, 0.3) is 0 Å². The lowest BCUT2D eigenvalue weighted by molar-refractivity contribution is -0.0917. The van der Waals surface area contributed by atoms with E-state index in [1.807, 2.05) is 37.3 Å². The molecule has 0 unspecified atom stereocenters. The molecule has 1 aromatic rings. The van der Waals surface area contributed by atoms with Gasteiger partial charge in [-0.05, 0) is 31.9 Å². The predicted molar refractivity (Wildman–Crippen MR) is 75.4 cm³/mol. The molecule has 4 heteroatoms. The third kappa shape index (κ3) is 5.72. The van der Waals surface area contributed by atoms with Crippen LogP contribution in [-0.4, -0.2) is 11.9 Å². The summed E-state index contributed by atoms with van der Waals surface area (Å²) in [6, 6.07) is 9.20. The zero-order chi connectivity index (χ0) is 14.3. The average Bonchev–Trinajstić information content (AvgIpc) is 2.36. The van der Waals surface area contributed by atoms with E-state index in [0.29, 0.717) is 12.0 Å². The maximum absolute atomic E-state index is 13.0. The van der Waals surface area contributed by atoms with Gasteiger partial charge in [-0.25, -0.2) is 0 Å². The Bertz CT molecular complexity index is 407. The first-order valence-electron chi connectivity index (χ1n) is 6.38. The summed E-state index contributed by atoms with van der Waals surface area (Å²) < 4.78 is 39.1. The molecule has 0 aliphatic rings. The zero-order valence-electron chi connectivity index (χ0n) is 11.3. The van der Waals surface area contributed by atoms with Gasteiger partial charge in [-0.3, -0.25) is 0 Å². The molecule has 106 valence electrons. The SMILES string of the molecule is CCCC/C(C)=C(/CSc1ccccc1)C(F)(F)F. The van der Waals surface area contributed by atoms with Gasteiger partial charge in [-0.2, -0.15) is 13.2 Å². The van der Waals surface area contributed by atoms with Crippen LogP contribution in [0.5, 0.6) is 0 Å². The molecule has 1 rings (SSSR count). The average molecular weight is 288 g/mol. The van der Waals surface area contributed by atoms with Crippen molar-refractivity contribution in [3.63, 3.8) is 0 Å². The summed E-state index contributed by atoms with van der Waals surface area (Å²) in [4.78, 5) is 0.868. The highest BCUT2D eigenvalue weighted by Crippen LogP contribution is 2.34. The van der Waals surface area contributed by atoms with E-state index < -0.39 is 6.18 Å². The van der Waals surface area contributed by atoms with Crippen LogP contribution >= 0.6 is 11.8 Å². The van der Waals surface area contributed by atoms with E-state index in [0.717, 1.165) is 17.7 Å². The van der Waals surface area contributed by atoms with Crippen LogP contribution in [0, 0.1) is 0 Å². The molecule has 0 amide bonds. The fourth-order valence-electron chi connectivity index (χ4n) is 1.71. The summed E-state index contributed by atoms with van der Waals surface area (Å²) in [5.41, 5.74) is 0.0904. The van der Waals surface area contributed by atoms with E-state index in [1.54, 1.807) is 6.92 Å². The number of thioether (sulfide) groups is 1. The number of allylic oxidation sites excluding steroid dienone is 1. The lowest BCUT2D eigenvalue weighted by Crippen LogP contribution is -2.16. The quantitative estimate of drug-likeness (QED) is 0.467. The molecule has 0 atom stereocenters.